The molecule has 0 heteroatoms. The summed E-state index contributed by atoms with van der Waals surface area (Å²) in [5, 5.41) is 0. The molecule has 0 N–H and O–H groups in total. The summed E-state index contributed by atoms with van der Waals surface area (Å²) in [5.41, 5.74) is 6.94. The first-order valence-electron chi connectivity index (χ1n) is 9.73. The van der Waals surface area contributed by atoms with E-state index in [4.69, 9.17) is 6.42 Å². The normalized spacial score (nSPS) is 20.8. The maximum Gasteiger partial charge on any atom is 0.0283 e. The Morgan fingerprint density at radius 1 is 1.21 bits per heavy atom. The molecule has 0 aromatic heterocycles. The molecule has 0 aliphatic heterocycles. The summed E-state index contributed by atoms with van der Waals surface area (Å²) in [6.07, 6.45) is 15.7. The van der Waals surface area contributed by atoms with E-state index in [1.807, 2.05) is 0 Å². The zero-order valence-corrected chi connectivity index (χ0v) is 16.3. The second-order valence-corrected chi connectivity index (χ2v) is 7.98. The third-order valence-electron chi connectivity index (χ3n) is 5.70. The first-order chi connectivity index (χ1) is 11.5. The molecule has 2 atom stereocenters. The molecule has 0 radical (unpaired) electrons. The van der Waals surface area contributed by atoms with Crippen molar-refractivity contribution < 1.29 is 0 Å². The van der Waals surface area contributed by atoms with Gasteiger partial charge in [-0.2, -0.15) is 0 Å². The Balaban J connectivity index is 2.38. The van der Waals surface area contributed by atoms with Crippen LogP contribution in [-0.4, -0.2) is 0 Å². The molecule has 0 bridgehead atoms. The number of hydrogen-bond acceptors (Lipinski definition) is 0. The number of terminal acetylenes is 1. The highest BCUT2D eigenvalue weighted by Gasteiger charge is 2.30. The molecule has 1 aliphatic rings. The van der Waals surface area contributed by atoms with Crippen molar-refractivity contribution in [2.75, 3.05) is 0 Å². The molecule has 0 spiro atoms. The quantitative estimate of drug-likeness (QED) is 0.307. The number of hydrogen-bond donors (Lipinski definition) is 0. The van der Waals surface area contributed by atoms with Gasteiger partial charge in [0.2, 0.25) is 0 Å². The minimum absolute atomic E-state index is 0.575. The largest absolute Gasteiger partial charge is 0.115 e. The average molecular weight is 323 g/mol. The summed E-state index contributed by atoms with van der Waals surface area (Å²) in [6.45, 7) is 11.5. The van der Waals surface area contributed by atoms with Crippen LogP contribution in [-0.2, 0) is 6.42 Å². The summed E-state index contributed by atoms with van der Waals surface area (Å²) in [5.74, 6) is 4.98. The molecule has 1 aromatic rings. The molecule has 2 rings (SSSR count). The second kappa shape index (κ2) is 8.57. The molecular formula is C24H34. The minimum Gasteiger partial charge on any atom is -0.115 e. The summed E-state index contributed by atoms with van der Waals surface area (Å²) in [4.78, 5) is 0. The highest BCUT2D eigenvalue weighted by Crippen LogP contribution is 2.43. The van der Waals surface area contributed by atoms with Gasteiger partial charge in [0.05, 0.1) is 0 Å². The SMILES string of the molecule is C#Cc1cc(CCCCC)cc(C)c1C1CC(C)=CCC1C(C)C. The minimum atomic E-state index is 0.575. The van der Waals surface area contributed by atoms with Crippen LogP contribution < -0.4 is 0 Å². The zero-order chi connectivity index (χ0) is 17.7. The highest BCUT2D eigenvalue weighted by molar-refractivity contribution is 5.50. The van der Waals surface area contributed by atoms with Gasteiger partial charge < -0.3 is 0 Å². The predicted octanol–water partition coefficient (Wildman–Crippen LogP) is 6.80. The standard InChI is InChI=1S/C24H34/c1-7-9-10-11-20-15-19(6)24(21(8-2)16-20)23-14-18(5)12-13-22(23)17(3)4/h2,12,15-17,22-23H,7,9-11,13-14H2,1,3-6H3. The van der Waals surface area contributed by atoms with E-state index in [-0.39, 0.29) is 0 Å². The van der Waals surface area contributed by atoms with Gasteiger partial charge in [0.25, 0.3) is 0 Å². The zero-order valence-electron chi connectivity index (χ0n) is 16.3. The lowest BCUT2D eigenvalue weighted by molar-refractivity contribution is 0.304. The van der Waals surface area contributed by atoms with E-state index in [0.29, 0.717) is 17.8 Å². The van der Waals surface area contributed by atoms with Crippen molar-refractivity contribution in [1.82, 2.24) is 0 Å². The number of rotatable bonds is 6. The Morgan fingerprint density at radius 2 is 1.96 bits per heavy atom. The van der Waals surface area contributed by atoms with Crippen molar-refractivity contribution in [2.24, 2.45) is 11.8 Å². The van der Waals surface area contributed by atoms with Crippen molar-refractivity contribution in [3.05, 3.63) is 46.0 Å². The number of allylic oxidation sites excluding steroid dienone is 2. The summed E-state index contributed by atoms with van der Waals surface area (Å²) >= 11 is 0. The maximum absolute atomic E-state index is 5.94. The Labute approximate surface area is 149 Å². The van der Waals surface area contributed by atoms with Gasteiger partial charge in [-0.15, -0.1) is 6.42 Å². The van der Waals surface area contributed by atoms with Crippen LogP contribution in [0.4, 0.5) is 0 Å². The van der Waals surface area contributed by atoms with E-state index < -0.39 is 0 Å². The first kappa shape index (κ1) is 18.9. The van der Waals surface area contributed by atoms with Gasteiger partial charge >= 0.3 is 0 Å². The Morgan fingerprint density at radius 3 is 2.58 bits per heavy atom. The number of aryl methyl sites for hydroxylation is 2. The van der Waals surface area contributed by atoms with Gasteiger partial charge in [-0.3, -0.25) is 0 Å². The van der Waals surface area contributed by atoms with Gasteiger partial charge in [-0.05, 0) is 80.0 Å². The predicted molar refractivity (Wildman–Crippen MR) is 106 cm³/mol. The molecule has 0 nitrogen and oxygen atoms in total. The van der Waals surface area contributed by atoms with Crippen molar-refractivity contribution in [2.45, 2.75) is 79.1 Å². The molecule has 0 heterocycles. The molecule has 0 saturated heterocycles. The second-order valence-electron chi connectivity index (χ2n) is 7.98. The lowest BCUT2D eigenvalue weighted by atomic mass is 9.69. The molecule has 130 valence electrons. The summed E-state index contributed by atoms with van der Waals surface area (Å²) < 4.78 is 0. The van der Waals surface area contributed by atoms with Crippen LogP contribution in [0.2, 0.25) is 0 Å². The van der Waals surface area contributed by atoms with Crippen LogP contribution in [0.3, 0.4) is 0 Å². The van der Waals surface area contributed by atoms with Crippen molar-refractivity contribution in [3.63, 3.8) is 0 Å². The lowest BCUT2D eigenvalue weighted by Gasteiger charge is -2.35. The number of benzene rings is 1. The maximum atomic E-state index is 5.94. The van der Waals surface area contributed by atoms with Crippen molar-refractivity contribution in [3.8, 4) is 12.3 Å². The van der Waals surface area contributed by atoms with Crippen LogP contribution >= 0.6 is 0 Å². The summed E-state index contributed by atoms with van der Waals surface area (Å²) in [7, 11) is 0. The smallest absolute Gasteiger partial charge is 0.0283 e. The van der Waals surface area contributed by atoms with E-state index in [1.54, 1.807) is 0 Å². The first-order valence-corrected chi connectivity index (χ1v) is 9.73. The number of unbranched alkanes of at least 4 members (excludes halogenated alkanes) is 2. The van der Waals surface area contributed by atoms with Crippen molar-refractivity contribution >= 4 is 0 Å². The van der Waals surface area contributed by atoms with Gasteiger partial charge in [0.1, 0.15) is 0 Å². The molecule has 1 aliphatic carbocycles. The Hall–Kier alpha value is -1.48. The third kappa shape index (κ3) is 4.32. The highest BCUT2D eigenvalue weighted by atomic mass is 14.3. The topological polar surface area (TPSA) is 0 Å². The molecule has 24 heavy (non-hydrogen) atoms. The monoisotopic (exact) mass is 322 g/mol. The van der Waals surface area contributed by atoms with E-state index in [9.17, 15) is 0 Å². The van der Waals surface area contributed by atoms with Gasteiger partial charge in [-0.25, -0.2) is 0 Å². The van der Waals surface area contributed by atoms with Gasteiger partial charge in [0, 0.05) is 5.56 Å². The van der Waals surface area contributed by atoms with E-state index in [0.717, 1.165) is 18.4 Å². The molecule has 0 amide bonds. The van der Waals surface area contributed by atoms with Gasteiger partial charge in [0.15, 0.2) is 0 Å². The lowest BCUT2D eigenvalue weighted by Crippen LogP contribution is -2.23. The van der Waals surface area contributed by atoms with Crippen LogP contribution in [0.25, 0.3) is 0 Å². The van der Waals surface area contributed by atoms with Crippen molar-refractivity contribution in [1.29, 1.82) is 0 Å². The fourth-order valence-corrected chi connectivity index (χ4v) is 4.34. The Bertz CT molecular complexity index is 624. The molecule has 0 fully saturated rings. The molecule has 0 saturated carbocycles. The van der Waals surface area contributed by atoms with Gasteiger partial charge in [-0.1, -0.05) is 57.2 Å². The van der Waals surface area contributed by atoms with E-state index in [1.165, 1.54) is 47.9 Å². The van der Waals surface area contributed by atoms with E-state index >= 15 is 0 Å². The third-order valence-corrected chi connectivity index (χ3v) is 5.70. The average Bonchev–Trinajstić information content (AvgIpc) is 2.54. The van der Waals surface area contributed by atoms with E-state index in [2.05, 4.69) is 58.7 Å². The molecule has 2 unspecified atom stereocenters. The van der Waals surface area contributed by atoms with Crippen LogP contribution in [0.15, 0.2) is 23.8 Å². The van der Waals surface area contributed by atoms with Crippen LogP contribution in [0.5, 0.6) is 0 Å². The Kier molecular flexibility index (Phi) is 6.73. The molecular weight excluding hydrogens is 288 g/mol. The van der Waals surface area contributed by atoms with Crippen LogP contribution in [0, 0.1) is 31.1 Å². The van der Waals surface area contributed by atoms with Crippen LogP contribution in [0.1, 0.15) is 88.0 Å². The molecule has 1 aromatic carbocycles. The summed E-state index contributed by atoms with van der Waals surface area (Å²) in [6, 6.07) is 4.69. The fourth-order valence-electron chi connectivity index (χ4n) is 4.34. The fraction of sp³-hybridized carbons (Fsp3) is 0.583.